The molecule has 1 heterocycles. The Morgan fingerprint density at radius 2 is 1.89 bits per heavy atom. The van der Waals surface area contributed by atoms with Crippen LogP contribution in [-0.2, 0) is 27.0 Å². The van der Waals surface area contributed by atoms with Crippen molar-refractivity contribution in [1.29, 1.82) is 0 Å². The van der Waals surface area contributed by atoms with Gasteiger partial charge in [0.2, 0.25) is 5.82 Å². The van der Waals surface area contributed by atoms with E-state index in [9.17, 15) is 22.8 Å². The van der Waals surface area contributed by atoms with Crippen molar-refractivity contribution in [3.63, 3.8) is 0 Å². The summed E-state index contributed by atoms with van der Waals surface area (Å²) in [6.45, 7) is -1.39. The summed E-state index contributed by atoms with van der Waals surface area (Å²) in [4.78, 5) is 27.4. The van der Waals surface area contributed by atoms with E-state index in [4.69, 9.17) is 16.3 Å². The molecule has 10 heteroatoms. The van der Waals surface area contributed by atoms with E-state index in [1.54, 1.807) is 24.3 Å². The minimum absolute atomic E-state index is 0.0984. The van der Waals surface area contributed by atoms with Crippen LogP contribution in [0.1, 0.15) is 5.82 Å². The fourth-order valence-electron chi connectivity index (χ4n) is 2.54. The molecule has 0 aliphatic carbocycles. The Morgan fingerprint density at radius 1 is 1.14 bits per heavy atom. The quantitative estimate of drug-likeness (QED) is 0.646. The molecule has 2 aromatic carbocycles. The fourth-order valence-corrected chi connectivity index (χ4v) is 2.73. The van der Waals surface area contributed by atoms with E-state index in [0.717, 1.165) is 0 Å². The number of nitrogens with zero attached hydrogens (tertiary/aromatic N) is 2. The zero-order valence-electron chi connectivity index (χ0n) is 14.2. The second kappa shape index (κ2) is 7.89. The molecule has 1 aromatic heterocycles. The monoisotopic (exact) mass is 411 g/mol. The molecule has 0 saturated carbocycles. The van der Waals surface area contributed by atoms with Crippen LogP contribution >= 0.6 is 11.6 Å². The number of halogens is 4. The van der Waals surface area contributed by atoms with Crippen LogP contribution in [0.2, 0.25) is 5.02 Å². The van der Waals surface area contributed by atoms with Gasteiger partial charge in [-0.2, -0.15) is 13.2 Å². The molecule has 146 valence electrons. The van der Waals surface area contributed by atoms with Gasteiger partial charge in [-0.15, -0.1) is 0 Å². The van der Waals surface area contributed by atoms with Gasteiger partial charge in [0.05, 0.1) is 11.0 Å². The van der Waals surface area contributed by atoms with Crippen LogP contribution in [-0.4, -0.2) is 28.0 Å². The average molecular weight is 412 g/mol. The predicted octanol–water partition coefficient (Wildman–Crippen LogP) is 3.89. The number of para-hydroxylation sites is 2. The topological polar surface area (TPSA) is 73.2 Å². The van der Waals surface area contributed by atoms with E-state index in [-0.39, 0.29) is 11.0 Å². The first-order valence-electron chi connectivity index (χ1n) is 7.97. The number of carbonyl (C=O) groups excluding carboxylic acids is 2. The Kier molecular flexibility index (Phi) is 5.55. The van der Waals surface area contributed by atoms with Crippen LogP contribution in [0, 0.1) is 0 Å². The third-order valence-corrected chi connectivity index (χ3v) is 3.90. The zero-order chi connectivity index (χ0) is 20.3. The Bertz CT molecular complexity index is 1030. The molecule has 0 fully saturated rings. The van der Waals surface area contributed by atoms with E-state index in [1.165, 1.54) is 24.3 Å². The number of benzene rings is 2. The van der Waals surface area contributed by atoms with Gasteiger partial charge < -0.3 is 14.6 Å². The summed E-state index contributed by atoms with van der Waals surface area (Å²) in [6, 6.07) is 12.2. The first-order valence-corrected chi connectivity index (χ1v) is 8.35. The Labute approximate surface area is 161 Å². The second-order valence-electron chi connectivity index (χ2n) is 5.73. The highest BCUT2D eigenvalue weighted by Crippen LogP contribution is 2.31. The molecular formula is C18H13ClF3N3O3. The van der Waals surface area contributed by atoms with Gasteiger partial charge >= 0.3 is 12.1 Å². The van der Waals surface area contributed by atoms with Gasteiger partial charge in [0.1, 0.15) is 6.54 Å². The lowest BCUT2D eigenvalue weighted by Crippen LogP contribution is -2.24. The Morgan fingerprint density at radius 3 is 2.61 bits per heavy atom. The zero-order valence-corrected chi connectivity index (χ0v) is 14.9. The largest absolute Gasteiger partial charge is 0.454 e. The number of amides is 1. The van der Waals surface area contributed by atoms with Crippen LogP contribution in [0.25, 0.3) is 11.0 Å². The van der Waals surface area contributed by atoms with Gasteiger partial charge in [-0.05, 0) is 30.3 Å². The molecule has 3 rings (SSSR count). The second-order valence-corrected chi connectivity index (χ2v) is 6.16. The SMILES string of the molecule is O=C(COC(=O)Cn1c(C(F)(F)F)nc2ccccc21)Nc1cccc(Cl)c1. The molecule has 0 bridgehead atoms. The number of hydrogen-bond donors (Lipinski definition) is 1. The van der Waals surface area contributed by atoms with Crippen molar-refractivity contribution in [2.45, 2.75) is 12.7 Å². The molecule has 3 aromatic rings. The smallest absolute Gasteiger partial charge is 0.449 e. The molecule has 0 aliphatic heterocycles. The number of rotatable bonds is 5. The van der Waals surface area contributed by atoms with Crippen molar-refractivity contribution in [3.05, 3.63) is 59.4 Å². The normalized spacial score (nSPS) is 11.4. The van der Waals surface area contributed by atoms with Gasteiger partial charge in [0.15, 0.2) is 6.61 Å². The molecule has 1 N–H and O–H groups in total. The molecule has 0 saturated heterocycles. The third-order valence-electron chi connectivity index (χ3n) is 3.67. The molecule has 1 amide bonds. The molecule has 6 nitrogen and oxygen atoms in total. The summed E-state index contributed by atoms with van der Waals surface area (Å²) < 4.78 is 45.2. The van der Waals surface area contributed by atoms with Gasteiger partial charge in [-0.1, -0.05) is 29.8 Å². The maximum atomic E-state index is 13.2. The van der Waals surface area contributed by atoms with E-state index >= 15 is 0 Å². The highest BCUT2D eigenvalue weighted by Gasteiger charge is 2.38. The summed E-state index contributed by atoms with van der Waals surface area (Å²) in [5.74, 6) is -2.87. The summed E-state index contributed by atoms with van der Waals surface area (Å²) in [5.41, 5.74) is 0.630. The number of anilines is 1. The summed E-state index contributed by atoms with van der Waals surface area (Å²) in [5, 5.41) is 2.87. The lowest BCUT2D eigenvalue weighted by atomic mass is 10.3. The molecule has 0 atom stereocenters. The molecular weight excluding hydrogens is 399 g/mol. The first-order chi connectivity index (χ1) is 13.2. The third kappa shape index (κ3) is 4.61. The number of aromatic nitrogens is 2. The van der Waals surface area contributed by atoms with E-state index < -0.39 is 37.0 Å². The highest BCUT2D eigenvalue weighted by atomic mass is 35.5. The summed E-state index contributed by atoms with van der Waals surface area (Å²) >= 11 is 5.80. The summed E-state index contributed by atoms with van der Waals surface area (Å²) in [6.07, 6.45) is -4.75. The lowest BCUT2D eigenvalue weighted by molar-refractivity contribution is -0.152. The number of imidazole rings is 1. The molecule has 0 aliphatic rings. The lowest BCUT2D eigenvalue weighted by Gasteiger charge is -2.11. The minimum Gasteiger partial charge on any atom is -0.454 e. The Balaban J connectivity index is 1.67. The van der Waals surface area contributed by atoms with E-state index in [2.05, 4.69) is 10.3 Å². The molecule has 0 radical (unpaired) electrons. The standard InChI is InChI=1S/C18H13ClF3N3O3/c19-11-4-3-5-12(8-11)23-15(26)10-28-16(27)9-25-14-7-2-1-6-13(14)24-17(25)18(20,21)22/h1-8H,9-10H2,(H,23,26). The molecule has 28 heavy (non-hydrogen) atoms. The van der Waals surface area contributed by atoms with E-state index in [0.29, 0.717) is 15.3 Å². The van der Waals surface area contributed by atoms with E-state index in [1.807, 2.05) is 0 Å². The van der Waals surface area contributed by atoms with Crippen molar-refractivity contribution in [3.8, 4) is 0 Å². The van der Waals surface area contributed by atoms with Crippen molar-refractivity contribution >= 4 is 40.2 Å². The predicted molar refractivity (Wildman–Crippen MR) is 95.8 cm³/mol. The first kappa shape index (κ1) is 19.7. The number of carbonyl (C=O) groups is 2. The van der Waals surface area contributed by atoms with Gasteiger partial charge in [-0.3, -0.25) is 9.59 Å². The molecule has 0 spiro atoms. The maximum Gasteiger partial charge on any atom is 0.449 e. The number of hydrogen-bond acceptors (Lipinski definition) is 4. The maximum absolute atomic E-state index is 13.2. The molecule has 0 unspecified atom stereocenters. The van der Waals surface area contributed by atoms with Crippen LogP contribution in [0.4, 0.5) is 18.9 Å². The van der Waals surface area contributed by atoms with Gasteiger partial charge in [0, 0.05) is 10.7 Å². The van der Waals surface area contributed by atoms with Gasteiger partial charge in [0.25, 0.3) is 5.91 Å². The number of alkyl halides is 3. The fraction of sp³-hybridized carbons (Fsp3) is 0.167. The Hall–Kier alpha value is -3.07. The van der Waals surface area contributed by atoms with Crippen molar-refractivity contribution in [1.82, 2.24) is 9.55 Å². The van der Waals surface area contributed by atoms with Gasteiger partial charge in [-0.25, -0.2) is 4.98 Å². The minimum atomic E-state index is -4.75. The van der Waals surface area contributed by atoms with Crippen molar-refractivity contribution < 1.29 is 27.5 Å². The van der Waals surface area contributed by atoms with Crippen LogP contribution in [0.15, 0.2) is 48.5 Å². The highest BCUT2D eigenvalue weighted by molar-refractivity contribution is 6.30. The number of ether oxygens (including phenoxy) is 1. The number of nitrogens with one attached hydrogen (secondary N) is 1. The average Bonchev–Trinajstić information content (AvgIpc) is 2.99. The summed E-state index contributed by atoms with van der Waals surface area (Å²) in [7, 11) is 0. The number of esters is 1. The number of fused-ring (bicyclic) bond motifs is 1. The van der Waals surface area contributed by atoms with Crippen LogP contribution < -0.4 is 5.32 Å². The van der Waals surface area contributed by atoms with Crippen molar-refractivity contribution in [2.75, 3.05) is 11.9 Å². The van der Waals surface area contributed by atoms with Crippen molar-refractivity contribution in [2.24, 2.45) is 0 Å². The van der Waals surface area contributed by atoms with Crippen LogP contribution in [0.3, 0.4) is 0 Å². The van der Waals surface area contributed by atoms with Crippen LogP contribution in [0.5, 0.6) is 0 Å².